The Bertz CT molecular complexity index is 928. The molecule has 2 aromatic heterocycles. The molecule has 0 unspecified atom stereocenters. The largest absolute Gasteiger partial charge is 0.378 e. The molecule has 7 heteroatoms. The predicted octanol–water partition coefficient (Wildman–Crippen LogP) is 3.75. The Morgan fingerprint density at radius 2 is 1.89 bits per heavy atom. The highest BCUT2D eigenvalue weighted by Crippen LogP contribution is 2.28. The zero-order valence-electron chi connectivity index (χ0n) is 15.9. The number of hydrogen-bond donors (Lipinski definition) is 3. The summed E-state index contributed by atoms with van der Waals surface area (Å²) in [5.41, 5.74) is 3.05. The zero-order valence-corrected chi connectivity index (χ0v) is 15.9. The molecule has 7 nitrogen and oxygen atoms in total. The van der Waals surface area contributed by atoms with E-state index in [1.54, 1.807) is 0 Å². The SMILES string of the molecule is c1cc2c(NCC3CCC3)nc(Nc3ccc(N4CCOCC4)cc3)nc2[nH]1. The van der Waals surface area contributed by atoms with Gasteiger partial charge in [0.15, 0.2) is 0 Å². The minimum atomic E-state index is 0.602. The maximum Gasteiger partial charge on any atom is 0.231 e. The van der Waals surface area contributed by atoms with E-state index in [0.29, 0.717) is 5.95 Å². The van der Waals surface area contributed by atoms with E-state index < -0.39 is 0 Å². The van der Waals surface area contributed by atoms with Crippen LogP contribution >= 0.6 is 0 Å². The maximum absolute atomic E-state index is 5.43. The summed E-state index contributed by atoms with van der Waals surface area (Å²) in [6, 6.07) is 10.5. The molecule has 3 N–H and O–H groups in total. The molecule has 28 heavy (non-hydrogen) atoms. The van der Waals surface area contributed by atoms with Gasteiger partial charge in [-0.25, -0.2) is 0 Å². The number of benzene rings is 1. The summed E-state index contributed by atoms with van der Waals surface area (Å²) >= 11 is 0. The third-order valence-electron chi connectivity index (χ3n) is 5.70. The molecule has 1 saturated carbocycles. The monoisotopic (exact) mass is 378 g/mol. The fourth-order valence-electron chi connectivity index (χ4n) is 3.78. The summed E-state index contributed by atoms with van der Waals surface area (Å²) in [6.07, 6.45) is 5.89. The highest BCUT2D eigenvalue weighted by atomic mass is 16.5. The topological polar surface area (TPSA) is 78.1 Å². The number of hydrogen-bond acceptors (Lipinski definition) is 6. The Labute approximate surface area is 164 Å². The summed E-state index contributed by atoms with van der Waals surface area (Å²) in [4.78, 5) is 14.9. The van der Waals surface area contributed by atoms with Crippen LogP contribution in [-0.2, 0) is 4.74 Å². The number of aromatic amines is 1. The molecule has 0 bridgehead atoms. The number of nitrogens with one attached hydrogen (secondary N) is 3. The van der Waals surface area contributed by atoms with Crippen LogP contribution in [0.15, 0.2) is 36.5 Å². The van der Waals surface area contributed by atoms with Gasteiger partial charge in [0, 0.05) is 37.2 Å². The van der Waals surface area contributed by atoms with Crippen molar-refractivity contribution >= 4 is 34.2 Å². The van der Waals surface area contributed by atoms with Crippen LogP contribution in [0, 0.1) is 5.92 Å². The third-order valence-corrected chi connectivity index (χ3v) is 5.70. The summed E-state index contributed by atoms with van der Waals surface area (Å²) in [7, 11) is 0. The summed E-state index contributed by atoms with van der Waals surface area (Å²) < 4.78 is 5.43. The first kappa shape index (κ1) is 17.3. The maximum atomic E-state index is 5.43. The highest BCUT2D eigenvalue weighted by Gasteiger charge is 2.18. The van der Waals surface area contributed by atoms with Crippen molar-refractivity contribution < 1.29 is 4.74 Å². The van der Waals surface area contributed by atoms with E-state index >= 15 is 0 Å². The van der Waals surface area contributed by atoms with E-state index in [1.165, 1.54) is 24.9 Å². The first-order valence-electron chi connectivity index (χ1n) is 10.1. The number of anilines is 4. The fraction of sp³-hybridized carbons (Fsp3) is 0.429. The van der Waals surface area contributed by atoms with Crippen molar-refractivity contribution in [2.45, 2.75) is 19.3 Å². The number of fused-ring (bicyclic) bond motifs is 1. The van der Waals surface area contributed by atoms with E-state index in [2.05, 4.69) is 49.8 Å². The molecule has 3 heterocycles. The van der Waals surface area contributed by atoms with Gasteiger partial charge in [0.2, 0.25) is 5.95 Å². The Balaban J connectivity index is 1.32. The van der Waals surface area contributed by atoms with Gasteiger partial charge in [-0.2, -0.15) is 9.97 Å². The fourth-order valence-corrected chi connectivity index (χ4v) is 3.78. The minimum Gasteiger partial charge on any atom is -0.378 e. The Morgan fingerprint density at radius 1 is 1.07 bits per heavy atom. The molecular weight excluding hydrogens is 352 g/mol. The standard InChI is InChI=1S/C21H26N6O/c1-2-15(3-1)14-23-20-18-8-9-22-19(18)25-21(26-20)24-16-4-6-17(7-5-16)27-10-12-28-13-11-27/h4-9,15H,1-3,10-14H2,(H3,22,23,24,25,26). The number of rotatable bonds is 6. The summed E-state index contributed by atoms with van der Waals surface area (Å²) in [6.45, 7) is 4.44. The lowest BCUT2D eigenvalue weighted by molar-refractivity contribution is 0.122. The van der Waals surface area contributed by atoms with Gasteiger partial charge >= 0.3 is 0 Å². The minimum absolute atomic E-state index is 0.602. The molecule has 1 aromatic carbocycles. The second kappa shape index (κ2) is 7.67. The van der Waals surface area contributed by atoms with E-state index in [-0.39, 0.29) is 0 Å². The third kappa shape index (κ3) is 3.62. The van der Waals surface area contributed by atoms with Gasteiger partial charge in [-0.1, -0.05) is 6.42 Å². The zero-order chi connectivity index (χ0) is 18.8. The first-order valence-corrected chi connectivity index (χ1v) is 10.1. The van der Waals surface area contributed by atoms with Crippen LogP contribution in [0.1, 0.15) is 19.3 Å². The van der Waals surface area contributed by atoms with Gasteiger partial charge in [-0.15, -0.1) is 0 Å². The van der Waals surface area contributed by atoms with Gasteiger partial charge < -0.3 is 25.3 Å². The van der Waals surface area contributed by atoms with Crippen LogP contribution < -0.4 is 15.5 Å². The van der Waals surface area contributed by atoms with Gasteiger partial charge in [0.1, 0.15) is 11.5 Å². The van der Waals surface area contributed by atoms with E-state index in [0.717, 1.165) is 61.3 Å². The van der Waals surface area contributed by atoms with Crippen molar-refractivity contribution in [2.75, 3.05) is 48.4 Å². The van der Waals surface area contributed by atoms with Gasteiger partial charge in [-0.3, -0.25) is 0 Å². The molecule has 5 rings (SSSR count). The number of ether oxygens (including phenoxy) is 1. The van der Waals surface area contributed by atoms with Crippen molar-refractivity contribution in [3.8, 4) is 0 Å². The van der Waals surface area contributed by atoms with Crippen LogP contribution in [0.3, 0.4) is 0 Å². The van der Waals surface area contributed by atoms with Crippen molar-refractivity contribution in [2.24, 2.45) is 5.92 Å². The van der Waals surface area contributed by atoms with Gasteiger partial charge in [0.25, 0.3) is 0 Å². The number of H-pyrrole nitrogens is 1. The van der Waals surface area contributed by atoms with Crippen molar-refractivity contribution in [1.29, 1.82) is 0 Å². The molecule has 2 fully saturated rings. The number of nitrogens with zero attached hydrogens (tertiary/aromatic N) is 3. The average molecular weight is 378 g/mol. The van der Waals surface area contributed by atoms with E-state index in [4.69, 9.17) is 9.72 Å². The number of aromatic nitrogens is 3. The molecular formula is C21H26N6O. The normalized spacial score (nSPS) is 17.5. The molecule has 1 aliphatic heterocycles. The molecule has 2 aliphatic rings. The van der Waals surface area contributed by atoms with Crippen molar-refractivity contribution in [3.63, 3.8) is 0 Å². The molecule has 0 radical (unpaired) electrons. The van der Waals surface area contributed by atoms with Crippen molar-refractivity contribution in [3.05, 3.63) is 36.5 Å². The predicted molar refractivity (Wildman–Crippen MR) is 112 cm³/mol. The van der Waals surface area contributed by atoms with Crippen molar-refractivity contribution in [1.82, 2.24) is 15.0 Å². The molecule has 0 amide bonds. The van der Waals surface area contributed by atoms with Gasteiger partial charge in [0.05, 0.1) is 18.6 Å². The molecule has 1 aliphatic carbocycles. The molecule has 0 atom stereocenters. The van der Waals surface area contributed by atoms with Gasteiger partial charge in [-0.05, 0) is 49.1 Å². The second-order valence-corrected chi connectivity index (χ2v) is 7.58. The van der Waals surface area contributed by atoms with Crippen LogP contribution in [-0.4, -0.2) is 47.8 Å². The molecule has 3 aromatic rings. The quantitative estimate of drug-likeness (QED) is 0.606. The second-order valence-electron chi connectivity index (χ2n) is 7.58. The Kier molecular flexibility index (Phi) is 4.74. The van der Waals surface area contributed by atoms with Crippen LogP contribution in [0.4, 0.5) is 23.1 Å². The average Bonchev–Trinajstić information content (AvgIpc) is 3.17. The van der Waals surface area contributed by atoms with Crippen LogP contribution in [0.2, 0.25) is 0 Å². The molecule has 146 valence electrons. The lowest BCUT2D eigenvalue weighted by Gasteiger charge is -2.28. The van der Waals surface area contributed by atoms with E-state index in [9.17, 15) is 0 Å². The summed E-state index contributed by atoms with van der Waals surface area (Å²) in [5, 5.41) is 7.91. The Hall–Kier alpha value is -2.80. The highest BCUT2D eigenvalue weighted by molar-refractivity contribution is 5.88. The smallest absolute Gasteiger partial charge is 0.231 e. The lowest BCUT2D eigenvalue weighted by atomic mass is 9.85. The summed E-state index contributed by atoms with van der Waals surface area (Å²) in [5.74, 6) is 2.27. The molecule has 1 saturated heterocycles. The van der Waals surface area contributed by atoms with E-state index in [1.807, 2.05) is 12.3 Å². The van der Waals surface area contributed by atoms with Crippen LogP contribution in [0.25, 0.3) is 11.0 Å². The first-order chi connectivity index (χ1) is 13.8. The number of morpholine rings is 1. The molecule has 0 spiro atoms. The van der Waals surface area contributed by atoms with Crippen LogP contribution in [0.5, 0.6) is 0 Å². The Morgan fingerprint density at radius 3 is 2.64 bits per heavy atom. The lowest BCUT2D eigenvalue weighted by Crippen LogP contribution is -2.36.